The number of hydrogen-bond donors (Lipinski definition) is 1. The lowest BCUT2D eigenvalue weighted by Crippen LogP contribution is -2.32. The molecule has 0 aliphatic carbocycles. The quantitative estimate of drug-likeness (QED) is 0.644. The summed E-state index contributed by atoms with van der Waals surface area (Å²) in [5, 5.41) is 11.1. The maximum Gasteiger partial charge on any atom is 0.318 e. The number of rotatable bonds is 6. The molecule has 1 aliphatic rings. The fourth-order valence-electron chi connectivity index (χ4n) is 3.18. The lowest BCUT2D eigenvalue weighted by Gasteiger charge is -2.24. The van der Waals surface area contributed by atoms with Crippen molar-refractivity contribution in [2.45, 2.75) is 12.5 Å². The van der Waals surface area contributed by atoms with E-state index < -0.39 is 23.6 Å². The van der Waals surface area contributed by atoms with E-state index in [9.17, 15) is 13.6 Å². The maximum absolute atomic E-state index is 13.6. The van der Waals surface area contributed by atoms with Gasteiger partial charge in [0.15, 0.2) is 11.6 Å². The summed E-state index contributed by atoms with van der Waals surface area (Å²) in [5.74, 6) is -0.401. The molecule has 156 valence electrons. The maximum atomic E-state index is 13.6. The average molecular weight is 430 g/mol. The number of thioether (sulfide) groups is 1. The van der Waals surface area contributed by atoms with Crippen LogP contribution in [0.5, 0.6) is 0 Å². The van der Waals surface area contributed by atoms with Gasteiger partial charge in [0.2, 0.25) is 5.89 Å². The van der Waals surface area contributed by atoms with Gasteiger partial charge in [0.05, 0.1) is 0 Å². The second-order valence-corrected chi connectivity index (χ2v) is 8.09. The lowest BCUT2D eigenvalue weighted by molar-refractivity contribution is 0.0929. The van der Waals surface area contributed by atoms with Gasteiger partial charge < -0.3 is 14.6 Å². The molecule has 1 fully saturated rings. The molecule has 0 radical (unpaired) electrons. The van der Waals surface area contributed by atoms with Crippen molar-refractivity contribution in [2.75, 3.05) is 29.5 Å². The third-order valence-electron chi connectivity index (χ3n) is 4.78. The number of carbonyl (C=O) groups is 1. The van der Waals surface area contributed by atoms with Crippen molar-refractivity contribution in [3.05, 3.63) is 77.2 Å². The van der Waals surface area contributed by atoms with Gasteiger partial charge in [-0.25, -0.2) is 8.78 Å². The van der Waals surface area contributed by atoms with Crippen LogP contribution in [0, 0.1) is 11.6 Å². The molecule has 6 nitrogen and oxygen atoms in total. The first-order valence-electron chi connectivity index (χ1n) is 9.56. The highest BCUT2D eigenvalue weighted by Gasteiger charge is 2.25. The Bertz CT molecular complexity index is 1010. The summed E-state index contributed by atoms with van der Waals surface area (Å²) in [7, 11) is 0. The number of halogens is 2. The van der Waals surface area contributed by atoms with E-state index in [0.29, 0.717) is 12.4 Å². The van der Waals surface area contributed by atoms with Gasteiger partial charge in [-0.2, -0.15) is 11.8 Å². The van der Waals surface area contributed by atoms with Crippen molar-refractivity contribution < 1.29 is 18.0 Å². The Morgan fingerprint density at radius 2 is 1.87 bits per heavy atom. The molecular weight excluding hydrogens is 410 g/mol. The lowest BCUT2D eigenvalue weighted by atomic mass is 10.1. The first kappa shape index (κ1) is 20.3. The van der Waals surface area contributed by atoms with E-state index in [-0.39, 0.29) is 11.5 Å². The summed E-state index contributed by atoms with van der Waals surface area (Å²) in [6.45, 7) is 1.63. The van der Waals surface area contributed by atoms with Crippen molar-refractivity contribution in [1.82, 2.24) is 15.5 Å². The van der Waals surface area contributed by atoms with Gasteiger partial charge in [-0.1, -0.05) is 35.4 Å². The molecule has 0 saturated carbocycles. The molecule has 1 aromatic heterocycles. The minimum absolute atomic E-state index is 0.0137. The largest absolute Gasteiger partial charge is 0.406 e. The van der Waals surface area contributed by atoms with Crippen LogP contribution in [0.3, 0.4) is 0 Å². The Labute approximate surface area is 176 Å². The van der Waals surface area contributed by atoms with Crippen LogP contribution in [0.2, 0.25) is 0 Å². The normalized spacial score (nSPS) is 15.1. The number of nitrogens with one attached hydrogen (secondary N) is 1. The number of anilines is 1. The number of aromatic nitrogens is 2. The number of nitrogens with zero attached hydrogens (tertiary/aromatic N) is 3. The van der Waals surface area contributed by atoms with Crippen LogP contribution in [-0.2, 0) is 6.42 Å². The Balaban J connectivity index is 1.57. The van der Waals surface area contributed by atoms with E-state index in [1.165, 1.54) is 6.07 Å². The Kier molecular flexibility index (Phi) is 6.27. The Morgan fingerprint density at radius 1 is 1.10 bits per heavy atom. The smallest absolute Gasteiger partial charge is 0.318 e. The fourth-order valence-corrected chi connectivity index (χ4v) is 4.08. The van der Waals surface area contributed by atoms with Gasteiger partial charge in [-0.15, -0.1) is 5.10 Å². The monoisotopic (exact) mass is 430 g/mol. The molecule has 9 heteroatoms. The first-order chi connectivity index (χ1) is 14.6. The Morgan fingerprint density at radius 3 is 2.60 bits per heavy atom. The van der Waals surface area contributed by atoms with E-state index in [1.54, 1.807) is 0 Å². The molecule has 0 bridgehead atoms. The van der Waals surface area contributed by atoms with Crippen molar-refractivity contribution in [2.24, 2.45) is 0 Å². The van der Waals surface area contributed by atoms with Gasteiger partial charge in [0, 0.05) is 36.6 Å². The van der Waals surface area contributed by atoms with Crippen LogP contribution in [0.1, 0.15) is 27.9 Å². The van der Waals surface area contributed by atoms with Crippen molar-refractivity contribution >= 4 is 23.7 Å². The van der Waals surface area contributed by atoms with Crippen LogP contribution in [0.4, 0.5) is 14.8 Å². The minimum Gasteiger partial charge on any atom is -0.406 e. The van der Waals surface area contributed by atoms with E-state index in [0.717, 1.165) is 42.3 Å². The number of amides is 1. The molecule has 1 N–H and O–H groups in total. The highest BCUT2D eigenvalue weighted by atomic mass is 32.2. The van der Waals surface area contributed by atoms with Gasteiger partial charge in [-0.05, 0) is 23.8 Å². The Hall–Kier alpha value is -2.94. The highest BCUT2D eigenvalue weighted by molar-refractivity contribution is 7.99. The van der Waals surface area contributed by atoms with Gasteiger partial charge in [-0.3, -0.25) is 4.79 Å². The molecule has 1 saturated heterocycles. The predicted molar refractivity (Wildman–Crippen MR) is 111 cm³/mol. The summed E-state index contributed by atoms with van der Waals surface area (Å²) >= 11 is 1.87. The van der Waals surface area contributed by atoms with E-state index in [2.05, 4.69) is 15.5 Å². The summed E-state index contributed by atoms with van der Waals surface area (Å²) in [5.41, 5.74) is 0.974. The number of benzene rings is 2. The highest BCUT2D eigenvalue weighted by Crippen LogP contribution is 2.24. The van der Waals surface area contributed by atoms with Gasteiger partial charge in [0.25, 0.3) is 5.91 Å². The molecule has 1 amide bonds. The molecule has 3 aromatic rings. The molecular formula is C21H20F2N4O2S. The zero-order valence-electron chi connectivity index (χ0n) is 16.1. The van der Waals surface area contributed by atoms with Crippen molar-refractivity contribution in [3.63, 3.8) is 0 Å². The SMILES string of the molecule is O=C(NC(Cc1ccccc1)c1nnc(N2CCSCC2)o1)c1ccc(F)c(F)c1. The first-order valence-corrected chi connectivity index (χ1v) is 10.7. The van der Waals surface area contributed by atoms with E-state index in [1.807, 2.05) is 47.0 Å². The molecule has 2 aromatic carbocycles. The van der Waals surface area contributed by atoms with Crippen LogP contribution >= 0.6 is 11.8 Å². The third-order valence-corrected chi connectivity index (χ3v) is 5.72. The molecule has 2 heterocycles. The summed E-state index contributed by atoms with van der Waals surface area (Å²) in [4.78, 5) is 14.7. The van der Waals surface area contributed by atoms with Crippen molar-refractivity contribution in [3.8, 4) is 0 Å². The van der Waals surface area contributed by atoms with Crippen molar-refractivity contribution in [1.29, 1.82) is 0 Å². The van der Waals surface area contributed by atoms with E-state index in [4.69, 9.17) is 4.42 Å². The molecule has 30 heavy (non-hydrogen) atoms. The van der Waals surface area contributed by atoms with Crippen LogP contribution in [0.15, 0.2) is 52.9 Å². The van der Waals surface area contributed by atoms with Crippen LogP contribution < -0.4 is 10.2 Å². The molecule has 4 rings (SSSR count). The summed E-state index contributed by atoms with van der Waals surface area (Å²) in [6.07, 6.45) is 0.410. The zero-order chi connectivity index (χ0) is 20.9. The number of hydrogen-bond acceptors (Lipinski definition) is 6. The molecule has 0 spiro atoms. The standard InChI is InChI=1S/C21H20F2N4O2S/c22-16-7-6-15(13-17(16)23)19(28)24-18(12-14-4-2-1-3-5-14)20-25-26-21(29-20)27-8-10-30-11-9-27/h1-7,13,18H,8-12H2,(H,24,28). The van der Waals surface area contributed by atoms with Crippen LogP contribution in [0.25, 0.3) is 0 Å². The van der Waals surface area contributed by atoms with Gasteiger partial charge >= 0.3 is 6.01 Å². The third kappa shape index (κ3) is 4.79. The molecule has 1 unspecified atom stereocenters. The molecule has 1 aliphatic heterocycles. The molecule has 1 atom stereocenters. The van der Waals surface area contributed by atoms with Crippen LogP contribution in [-0.4, -0.2) is 40.7 Å². The summed E-state index contributed by atoms with van der Waals surface area (Å²) in [6, 6.07) is 12.4. The predicted octanol–water partition coefficient (Wildman–Crippen LogP) is 3.61. The van der Waals surface area contributed by atoms with E-state index >= 15 is 0 Å². The number of carbonyl (C=O) groups excluding carboxylic acids is 1. The second kappa shape index (κ2) is 9.25. The zero-order valence-corrected chi connectivity index (χ0v) is 16.9. The fraction of sp³-hybridized carbons (Fsp3) is 0.286. The minimum atomic E-state index is -1.08. The average Bonchev–Trinajstić information content (AvgIpc) is 3.27. The second-order valence-electron chi connectivity index (χ2n) is 6.87. The topological polar surface area (TPSA) is 71.3 Å². The summed E-state index contributed by atoms with van der Waals surface area (Å²) < 4.78 is 32.6. The van der Waals surface area contributed by atoms with Gasteiger partial charge in [0.1, 0.15) is 6.04 Å².